The van der Waals surface area contributed by atoms with Crippen LogP contribution in [0.25, 0.3) is 10.9 Å². The normalized spacial score (nSPS) is 21.0. The Labute approximate surface area is 190 Å². The van der Waals surface area contributed by atoms with E-state index in [1.54, 1.807) is 0 Å². The largest absolute Gasteiger partial charge is 0.378 e. The van der Waals surface area contributed by atoms with Gasteiger partial charge in [0.05, 0.1) is 24.4 Å². The zero-order chi connectivity index (χ0) is 21.8. The minimum atomic E-state index is 0.581. The van der Waals surface area contributed by atoms with Gasteiger partial charge in [-0.15, -0.1) is 0 Å². The smallest absolute Gasteiger partial charge is 0.225 e. The molecule has 32 heavy (non-hydrogen) atoms. The first-order chi connectivity index (χ1) is 15.7. The third-order valence-electron chi connectivity index (χ3n) is 6.46. The molecular formula is C25H32N6O. The molecule has 3 aromatic rings. The topological polar surface area (TPSA) is 57.6 Å². The van der Waals surface area contributed by atoms with Crippen molar-refractivity contribution in [3.63, 3.8) is 0 Å². The minimum Gasteiger partial charge on any atom is -0.378 e. The summed E-state index contributed by atoms with van der Waals surface area (Å²) >= 11 is 0. The number of pyridine rings is 1. The summed E-state index contributed by atoms with van der Waals surface area (Å²) in [6, 6.07) is 12.9. The van der Waals surface area contributed by atoms with Crippen molar-refractivity contribution in [2.75, 3.05) is 64.4 Å². The summed E-state index contributed by atoms with van der Waals surface area (Å²) in [5.74, 6) is 1.41. The van der Waals surface area contributed by atoms with Gasteiger partial charge in [0.15, 0.2) is 0 Å². The van der Waals surface area contributed by atoms with Crippen LogP contribution >= 0.6 is 0 Å². The molecule has 2 aromatic heterocycles. The summed E-state index contributed by atoms with van der Waals surface area (Å²) in [6.45, 7) is 8.42. The second kappa shape index (κ2) is 9.90. The van der Waals surface area contributed by atoms with Gasteiger partial charge in [0.1, 0.15) is 0 Å². The molecule has 7 nitrogen and oxygen atoms in total. The van der Waals surface area contributed by atoms with E-state index in [-0.39, 0.29) is 0 Å². The van der Waals surface area contributed by atoms with Crippen LogP contribution in [0.5, 0.6) is 0 Å². The second-order valence-corrected chi connectivity index (χ2v) is 9.05. The molecule has 0 aliphatic carbocycles. The summed E-state index contributed by atoms with van der Waals surface area (Å²) < 4.78 is 5.47. The monoisotopic (exact) mass is 432 g/mol. The van der Waals surface area contributed by atoms with Crippen molar-refractivity contribution in [1.82, 2.24) is 24.8 Å². The van der Waals surface area contributed by atoms with E-state index in [0.29, 0.717) is 5.92 Å². The molecular weight excluding hydrogens is 400 g/mol. The van der Waals surface area contributed by atoms with Crippen molar-refractivity contribution < 1.29 is 4.74 Å². The van der Waals surface area contributed by atoms with E-state index in [4.69, 9.17) is 9.72 Å². The van der Waals surface area contributed by atoms with E-state index in [9.17, 15) is 0 Å². The van der Waals surface area contributed by atoms with Crippen molar-refractivity contribution in [2.24, 2.45) is 5.92 Å². The number of nitrogens with zero attached hydrogens (tertiary/aromatic N) is 6. The first-order valence-corrected chi connectivity index (χ1v) is 11.6. The molecule has 7 heteroatoms. The number of rotatable bonds is 5. The maximum Gasteiger partial charge on any atom is 0.225 e. The molecule has 0 saturated carbocycles. The summed E-state index contributed by atoms with van der Waals surface area (Å²) in [7, 11) is 2.24. The van der Waals surface area contributed by atoms with Gasteiger partial charge in [-0.1, -0.05) is 12.1 Å². The quantitative estimate of drug-likeness (QED) is 0.614. The predicted octanol–water partition coefficient (Wildman–Crippen LogP) is 2.47. The lowest BCUT2D eigenvalue weighted by molar-refractivity contribution is 0.122. The fourth-order valence-electron chi connectivity index (χ4n) is 4.83. The molecule has 0 bridgehead atoms. The van der Waals surface area contributed by atoms with Gasteiger partial charge in [0.25, 0.3) is 0 Å². The summed E-state index contributed by atoms with van der Waals surface area (Å²) in [4.78, 5) is 21.1. The Morgan fingerprint density at radius 1 is 0.969 bits per heavy atom. The van der Waals surface area contributed by atoms with E-state index in [1.165, 1.54) is 10.9 Å². The third-order valence-corrected chi connectivity index (χ3v) is 6.46. The lowest BCUT2D eigenvalue weighted by Gasteiger charge is -2.27. The van der Waals surface area contributed by atoms with Crippen LogP contribution in [-0.4, -0.2) is 84.3 Å². The van der Waals surface area contributed by atoms with E-state index in [0.717, 1.165) is 82.6 Å². The van der Waals surface area contributed by atoms with Crippen LogP contribution in [0.4, 0.5) is 5.95 Å². The highest BCUT2D eigenvalue weighted by Crippen LogP contribution is 2.20. The number of anilines is 1. The van der Waals surface area contributed by atoms with Crippen molar-refractivity contribution >= 4 is 16.9 Å². The number of ether oxygens (including phenoxy) is 1. The standard InChI is InChI=1S/C25H32N6O/c1-29-9-10-30(19-23-6-8-27-25(28-23)31-11-13-32-14-12-31)18-21(17-29)15-20-4-5-24-22(16-20)3-2-7-26-24/h2-8,16,21H,9-15,17-19H2,1H3/t21-/m1/s1. The Balaban J connectivity index is 1.27. The number of hydrogen-bond donors (Lipinski definition) is 0. The zero-order valence-electron chi connectivity index (χ0n) is 18.9. The van der Waals surface area contributed by atoms with Gasteiger partial charge in [-0.2, -0.15) is 0 Å². The Kier molecular flexibility index (Phi) is 6.57. The predicted molar refractivity (Wildman–Crippen MR) is 127 cm³/mol. The summed E-state index contributed by atoms with van der Waals surface area (Å²) in [6.07, 6.45) is 4.84. The molecule has 1 atom stereocenters. The Morgan fingerprint density at radius 3 is 2.78 bits per heavy atom. The summed E-state index contributed by atoms with van der Waals surface area (Å²) in [5, 5.41) is 1.22. The van der Waals surface area contributed by atoms with Gasteiger partial charge in [0.2, 0.25) is 5.95 Å². The molecule has 2 saturated heterocycles. The van der Waals surface area contributed by atoms with Crippen molar-refractivity contribution in [3.05, 3.63) is 60.0 Å². The van der Waals surface area contributed by atoms with E-state index in [2.05, 4.69) is 62.0 Å². The van der Waals surface area contributed by atoms with Crippen LogP contribution < -0.4 is 4.90 Å². The number of benzene rings is 1. The van der Waals surface area contributed by atoms with Gasteiger partial charge in [-0.25, -0.2) is 9.97 Å². The summed E-state index contributed by atoms with van der Waals surface area (Å²) in [5.41, 5.74) is 3.56. The minimum absolute atomic E-state index is 0.581. The molecule has 1 aromatic carbocycles. The molecule has 2 aliphatic heterocycles. The Hall–Kier alpha value is -2.61. The molecule has 168 valence electrons. The molecule has 4 heterocycles. The van der Waals surface area contributed by atoms with Crippen molar-refractivity contribution in [3.8, 4) is 0 Å². The highest BCUT2D eigenvalue weighted by molar-refractivity contribution is 5.78. The molecule has 0 radical (unpaired) electrons. The molecule has 2 aliphatic rings. The first kappa shape index (κ1) is 21.2. The number of likely N-dealkylation sites (N-methyl/N-ethyl adjacent to an activating group) is 1. The average Bonchev–Trinajstić information content (AvgIpc) is 3.00. The molecule has 0 amide bonds. The van der Waals surface area contributed by atoms with Crippen LogP contribution in [0.3, 0.4) is 0 Å². The lowest BCUT2D eigenvalue weighted by atomic mass is 9.97. The van der Waals surface area contributed by atoms with Gasteiger partial charge < -0.3 is 14.5 Å². The number of hydrogen-bond acceptors (Lipinski definition) is 7. The molecule has 2 fully saturated rings. The molecule has 0 spiro atoms. The van der Waals surface area contributed by atoms with E-state index in [1.807, 2.05) is 18.5 Å². The van der Waals surface area contributed by atoms with Crippen LogP contribution in [0.2, 0.25) is 0 Å². The van der Waals surface area contributed by atoms with Gasteiger partial charge in [-0.3, -0.25) is 9.88 Å². The highest BCUT2D eigenvalue weighted by atomic mass is 16.5. The second-order valence-electron chi connectivity index (χ2n) is 9.05. The van der Waals surface area contributed by atoms with Crippen LogP contribution in [0.15, 0.2) is 48.8 Å². The van der Waals surface area contributed by atoms with Crippen molar-refractivity contribution in [2.45, 2.75) is 13.0 Å². The van der Waals surface area contributed by atoms with Crippen molar-refractivity contribution in [1.29, 1.82) is 0 Å². The van der Waals surface area contributed by atoms with Gasteiger partial charge >= 0.3 is 0 Å². The van der Waals surface area contributed by atoms with Crippen LogP contribution in [0.1, 0.15) is 11.3 Å². The first-order valence-electron chi connectivity index (χ1n) is 11.6. The van der Waals surface area contributed by atoms with Gasteiger partial charge in [-0.05, 0) is 49.2 Å². The Bertz CT molecular complexity index is 1040. The fourth-order valence-corrected chi connectivity index (χ4v) is 4.83. The van der Waals surface area contributed by atoms with Gasteiger partial charge in [0, 0.05) is 63.6 Å². The van der Waals surface area contributed by atoms with E-state index < -0.39 is 0 Å². The maximum absolute atomic E-state index is 5.47. The third kappa shape index (κ3) is 5.23. The highest BCUT2D eigenvalue weighted by Gasteiger charge is 2.22. The molecule has 0 unspecified atom stereocenters. The Morgan fingerprint density at radius 2 is 1.88 bits per heavy atom. The van der Waals surface area contributed by atoms with E-state index >= 15 is 0 Å². The lowest BCUT2D eigenvalue weighted by Crippen LogP contribution is -2.37. The molecule has 5 rings (SSSR count). The van der Waals surface area contributed by atoms with Crippen LogP contribution in [0, 0.1) is 5.92 Å². The SMILES string of the molecule is CN1CCN(Cc2ccnc(N3CCOCC3)n2)C[C@H](Cc2ccc3ncccc3c2)C1. The number of aromatic nitrogens is 3. The van der Waals surface area contributed by atoms with Crippen LogP contribution in [-0.2, 0) is 17.7 Å². The number of morpholine rings is 1. The molecule has 0 N–H and O–H groups in total. The fraction of sp³-hybridized carbons (Fsp3) is 0.480. The average molecular weight is 433 g/mol. The maximum atomic E-state index is 5.47. The zero-order valence-corrected chi connectivity index (χ0v) is 18.9. The number of fused-ring (bicyclic) bond motifs is 1.